The number of nitrogens with zero attached hydrogens (tertiary/aromatic N) is 1. The number of carbonyl (C=O) groups is 2. The topological polar surface area (TPSA) is 75.4 Å². The Morgan fingerprint density at radius 1 is 1.32 bits per heavy atom. The quantitative estimate of drug-likeness (QED) is 0.809. The third-order valence-corrected chi connectivity index (χ3v) is 5.39. The zero-order chi connectivity index (χ0) is 17.3. The lowest BCUT2D eigenvalue weighted by Crippen LogP contribution is -2.54. The number of hydrogen-bond acceptors (Lipinski definition) is 3. The highest BCUT2D eigenvalue weighted by Crippen LogP contribution is 2.39. The van der Waals surface area contributed by atoms with Crippen molar-refractivity contribution in [3.63, 3.8) is 0 Å². The number of benzene rings is 1. The second kappa shape index (κ2) is 7.75. The normalized spacial score (nSPS) is 22.3. The van der Waals surface area contributed by atoms with E-state index in [0.29, 0.717) is 32.0 Å². The van der Waals surface area contributed by atoms with Crippen molar-refractivity contribution in [2.75, 3.05) is 13.1 Å². The average molecular weight is 366 g/mol. The van der Waals surface area contributed by atoms with Gasteiger partial charge in [-0.05, 0) is 38.2 Å². The van der Waals surface area contributed by atoms with E-state index in [0.717, 1.165) is 18.4 Å². The minimum atomic E-state index is -0.329. The molecule has 1 aromatic rings. The third-order valence-electron chi connectivity index (χ3n) is 5.39. The first kappa shape index (κ1) is 19.7. The van der Waals surface area contributed by atoms with Crippen molar-refractivity contribution < 1.29 is 9.59 Å². The summed E-state index contributed by atoms with van der Waals surface area (Å²) in [6.07, 6.45) is 2.54. The summed E-state index contributed by atoms with van der Waals surface area (Å²) in [4.78, 5) is 26.6. The van der Waals surface area contributed by atoms with Gasteiger partial charge in [-0.3, -0.25) is 9.59 Å². The molecule has 1 aliphatic carbocycles. The van der Waals surface area contributed by atoms with Gasteiger partial charge in [0, 0.05) is 26.1 Å². The number of halogens is 1. The standard InChI is InChI=1S/C19H27N3O2.ClH/c1-13-3-5-14(6-4-13)10-22-11-15(9-17(22)23)18(24)21-19(2,12-20)16-7-8-16;/h3-6,15-16H,7-12,20H2,1-2H3,(H,21,24);1H. The van der Waals surface area contributed by atoms with Gasteiger partial charge in [0.2, 0.25) is 11.8 Å². The van der Waals surface area contributed by atoms with Crippen molar-refractivity contribution in [2.45, 2.75) is 45.2 Å². The summed E-state index contributed by atoms with van der Waals surface area (Å²) < 4.78 is 0. The Balaban J connectivity index is 0.00000225. The number of aryl methyl sites for hydroxylation is 1. The molecule has 6 heteroatoms. The fourth-order valence-corrected chi connectivity index (χ4v) is 3.44. The number of amides is 2. The van der Waals surface area contributed by atoms with E-state index in [1.165, 1.54) is 5.56 Å². The van der Waals surface area contributed by atoms with E-state index in [1.807, 2.05) is 38.1 Å². The second-order valence-electron chi connectivity index (χ2n) is 7.55. The maximum atomic E-state index is 12.6. The summed E-state index contributed by atoms with van der Waals surface area (Å²) in [6.45, 7) is 5.56. The molecule has 5 nitrogen and oxygen atoms in total. The molecule has 0 spiro atoms. The van der Waals surface area contributed by atoms with Crippen LogP contribution in [0.15, 0.2) is 24.3 Å². The maximum Gasteiger partial charge on any atom is 0.225 e. The van der Waals surface area contributed by atoms with Gasteiger partial charge in [-0.15, -0.1) is 12.4 Å². The van der Waals surface area contributed by atoms with Crippen molar-refractivity contribution in [3.8, 4) is 0 Å². The lowest BCUT2D eigenvalue weighted by Gasteiger charge is -2.30. The molecule has 2 fully saturated rings. The Morgan fingerprint density at radius 3 is 2.52 bits per heavy atom. The molecular weight excluding hydrogens is 338 g/mol. The first-order valence-corrected chi connectivity index (χ1v) is 8.76. The van der Waals surface area contributed by atoms with Gasteiger partial charge >= 0.3 is 0 Å². The van der Waals surface area contributed by atoms with Crippen molar-refractivity contribution >= 4 is 24.2 Å². The highest BCUT2D eigenvalue weighted by molar-refractivity contribution is 5.89. The number of nitrogens with two attached hydrogens (primary N) is 1. The molecule has 1 heterocycles. The van der Waals surface area contributed by atoms with Gasteiger partial charge in [0.15, 0.2) is 0 Å². The minimum Gasteiger partial charge on any atom is -0.349 e. The highest BCUT2D eigenvalue weighted by Gasteiger charge is 2.44. The van der Waals surface area contributed by atoms with Crippen LogP contribution in [0.2, 0.25) is 0 Å². The molecule has 1 aliphatic heterocycles. The van der Waals surface area contributed by atoms with Gasteiger partial charge in [0.25, 0.3) is 0 Å². The molecule has 0 bridgehead atoms. The summed E-state index contributed by atoms with van der Waals surface area (Å²) in [5.74, 6) is 0.228. The molecule has 1 saturated heterocycles. The van der Waals surface area contributed by atoms with E-state index in [1.54, 1.807) is 4.90 Å². The zero-order valence-corrected chi connectivity index (χ0v) is 15.8. The molecule has 2 aliphatic rings. The van der Waals surface area contributed by atoms with Crippen LogP contribution >= 0.6 is 12.4 Å². The highest BCUT2D eigenvalue weighted by atomic mass is 35.5. The Kier molecular flexibility index (Phi) is 6.12. The predicted octanol–water partition coefficient (Wildman–Crippen LogP) is 2.01. The number of rotatable bonds is 6. The second-order valence-corrected chi connectivity index (χ2v) is 7.55. The van der Waals surface area contributed by atoms with Gasteiger partial charge in [-0.1, -0.05) is 29.8 Å². The smallest absolute Gasteiger partial charge is 0.225 e. The minimum absolute atomic E-state index is 0. The molecule has 2 amide bonds. The largest absolute Gasteiger partial charge is 0.349 e. The summed E-state index contributed by atoms with van der Waals surface area (Å²) in [5, 5.41) is 3.12. The SMILES string of the molecule is Cc1ccc(CN2CC(C(=O)NC(C)(CN)C3CC3)CC2=O)cc1.Cl. The lowest BCUT2D eigenvalue weighted by atomic mass is 9.94. The van der Waals surface area contributed by atoms with Crippen LogP contribution < -0.4 is 11.1 Å². The third kappa shape index (κ3) is 4.53. The average Bonchev–Trinajstić information content (AvgIpc) is 3.35. The molecule has 25 heavy (non-hydrogen) atoms. The van der Waals surface area contributed by atoms with Crippen LogP contribution in [0.1, 0.15) is 37.3 Å². The first-order valence-electron chi connectivity index (χ1n) is 8.76. The Hall–Kier alpha value is -1.59. The van der Waals surface area contributed by atoms with Gasteiger partial charge in [0.1, 0.15) is 0 Å². The van der Waals surface area contributed by atoms with Crippen molar-refractivity contribution in [2.24, 2.45) is 17.6 Å². The monoisotopic (exact) mass is 365 g/mol. The van der Waals surface area contributed by atoms with E-state index in [-0.39, 0.29) is 35.7 Å². The van der Waals surface area contributed by atoms with Crippen LogP contribution in [0.5, 0.6) is 0 Å². The Labute approximate surface area is 155 Å². The summed E-state index contributed by atoms with van der Waals surface area (Å²) in [5.41, 5.74) is 7.84. The van der Waals surface area contributed by atoms with Crippen LogP contribution in [0, 0.1) is 18.8 Å². The first-order chi connectivity index (χ1) is 11.4. The molecule has 3 N–H and O–H groups in total. The molecule has 2 unspecified atom stereocenters. The van der Waals surface area contributed by atoms with Crippen LogP contribution in [-0.2, 0) is 16.1 Å². The molecule has 1 saturated carbocycles. The van der Waals surface area contributed by atoms with Gasteiger partial charge < -0.3 is 16.0 Å². The number of carbonyl (C=O) groups excluding carboxylic acids is 2. The van der Waals surface area contributed by atoms with E-state index in [9.17, 15) is 9.59 Å². The molecule has 0 aromatic heterocycles. The zero-order valence-electron chi connectivity index (χ0n) is 15.0. The maximum absolute atomic E-state index is 12.6. The number of hydrogen-bond donors (Lipinski definition) is 2. The summed E-state index contributed by atoms with van der Waals surface area (Å²) in [7, 11) is 0. The van der Waals surface area contributed by atoms with Gasteiger partial charge in [-0.25, -0.2) is 0 Å². The molecule has 138 valence electrons. The van der Waals surface area contributed by atoms with Gasteiger partial charge in [0.05, 0.1) is 11.5 Å². The molecule has 3 rings (SSSR count). The fraction of sp³-hybridized carbons (Fsp3) is 0.579. The molecule has 2 atom stereocenters. The Bertz CT molecular complexity index is 630. The Morgan fingerprint density at radius 2 is 1.96 bits per heavy atom. The number of nitrogens with one attached hydrogen (secondary N) is 1. The van der Waals surface area contributed by atoms with E-state index in [2.05, 4.69) is 5.32 Å². The van der Waals surface area contributed by atoms with Crippen LogP contribution in [-0.4, -0.2) is 35.3 Å². The summed E-state index contributed by atoms with van der Waals surface area (Å²) in [6, 6.07) is 8.16. The van der Waals surface area contributed by atoms with Crippen LogP contribution in [0.25, 0.3) is 0 Å². The van der Waals surface area contributed by atoms with Crippen molar-refractivity contribution in [1.29, 1.82) is 0 Å². The number of likely N-dealkylation sites (tertiary alicyclic amines) is 1. The van der Waals surface area contributed by atoms with E-state index < -0.39 is 0 Å². The van der Waals surface area contributed by atoms with Crippen LogP contribution in [0.4, 0.5) is 0 Å². The van der Waals surface area contributed by atoms with E-state index in [4.69, 9.17) is 5.73 Å². The summed E-state index contributed by atoms with van der Waals surface area (Å²) >= 11 is 0. The van der Waals surface area contributed by atoms with Crippen molar-refractivity contribution in [3.05, 3.63) is 35.4 Å². The van der Waals surface area contributed by atoms with Crippen LogP contribution in [0.3, 0.4) is 0 Å². The van der Waals surface area contributed by atoms with E-state index >= 15 is 0 Å². The predicted molar refractivity (Wildman–Crippen MR) is 100 cm³/mol. The van der Waals surface area contributed by atoms with Gasteiger partial charge in [-0.2, -0.15) is 0 Å². The molecule has 0 radical (unpaired) electrons. The molecular formula is C19H28ClN3O2. The van der Waals surface area contributed by atoms with Crippen molar-refractivity contribution in [1.82, 2.24) is 10.2 Å². The fourth-order valence-electron chi connectivity index (χ4n) is 3.44. The lowest BCUT2D eigenvalue weighted by molar-refractivity contribution is -0.129. The molecule has 1 aromatic carbocycles.